The molecule has 3 saturated carbocycles. The summed E-state index contributed by atoms with van der Waals surface area (Å²) in [5.74, 6) is -0.146. The Morgan fingerprint density at radius 1 is 1.23 bits per heavy atom. The lowest BCUT2D eigenvalue weighted by Crippen LogP contribution is -2.63. The molecule has 9 nitrogen and oxygen atoms in total. The molecule has 196 valence electrons. The molecule has 0 spiro atoms. The Morgan fingerprint density at radius 2 is 1.91 bits per heavy atom. The molecular formula is C26H41N3O6. The van der Waals surface area contributed by atoms with E-state index in [1.54, 1.807) is 6.08 Å². The number of rotatable bonds is 3. The maximum Gasteiger partial charge on any atom is 0.416 e. The van der Waals surface area contributed by atoms with E-state index in [2.05, 4.69) is 38.0 Å². The average molecular weight is 492 g/mol. The van der Waals surface area contributed by atoms with Crippen LogP contribution in [0.1, 0.15) is 66.2 Å². The lowest BCUT2D eigenvalue weighted by molar-refractivity contribution is -0.191. The van der Waals surface area contributed by atoms with Crippen LogP contribution < -0.4 is 16.4 Å². The quantitative estimate of drug-likeness (QED) is 0.442. The molecule has 1 heterocycles. The molecule has 4 aliphatic rings. The van der Waals surface area contributed by atoms with E-state index in [4.69, 9.17) is 15.2 Å². The SMILES string of the molecule is C=C[C@]1(C)C[C@@H](OC(=O)NC(=O)O[C@H]2CN[C@H](N)C2)[C@]2(C)[C@H](C)CC[C@]3(CCC(=O)[C@H]32)[C@@H](C)[C@@H]1O. The highest BCUT2D eigenvalue weighted by Crippen LogP contribution is 2.67. The molecule has 0 aromatic heterocycles. The van der Waals surface area contributed by atoms with E-state index in [-0.39, 0.29) is 35.1 Å². The Balaban J connectivity index is 1.62. The van der Waals surface area contributed by atoms with Crippen LogP contribution in [-0.4, -0.2) is 54.1 Å². The lowest BCUT2D eigenvalue weighted by atomic mass is 9.44. The Kier molecular flexibility index (Phi) is 6.83. The second kappa shape index (κ2) is 9.16. The van der Waals surface area contributed by atoms with Crippen molar-refractivity contribution >= 4 is 18.0 Å². The van der Waals surface area contributed by atoms with Gasteiger partial charge >= 0.3 is 12.2 Å². The summed E-state index contributed by atoms with van der Waals surface area (Å²) in [7, 11) is 0. The smallest absolute Gasteiger partial charge is 0.416 e. The standard InChI is InChI=1S/C26H41N3O6/c1-6-24(4)12-18(35-23(33)29-22(32)34-16-11-19(27)28-13-16)25(5)14(2)7-9-26(15(3)21(24)31)10-8-17(30)20(25)26/h6,14-16,18-21,28,31H,1,7-13,27H2,2-5H3,(H,29,32,33)/t14-,15+,16-,18-,19+,20+,21+,24-,25+,26+/m1/s1. The fourth-order valence-electron chi connectivity index (χ4n) is 7.75. The molecule has 10 atom stereocenters. The molecule has 9 heteroatoms. The molecule has 4 rings (SSSR count). The Morgan fingerprint density at radius 3 is 2.54 bits per heavy atom. The van der Waals surface area contributed by atoms with Gasteiger partial charge in [-0.3, -0.25) is 10.1 Å². The van der Waals surface area contributed by atoms with E-state index in [9.17, 15) is 19.5 Å². The molecule has 0 aromatic carbocycles. The van der Waals surface area contributed by atoms with Gasteiger partial charge in [0, 0.05) is 36.1 Å². The van der Waals surface area contributed by atoms with E-state index < -0.39 is 41.3 Å². The molecule has 0 unspecified atom stereocenters. The first-order valence-corrected chi connectivity index (χ1v) is 12.9. The first-order chi connectivity index (χ1) is 16.4. The number of aliphatic hydroxyl groups is 1. The Labute approximate surface area is 207 Å². The zero-order valence-electron chi connectivity index (χ0n) is 21.3. The Bertz CT molecular complexity index is 896. The van der Waals surface area contributed by atoms with Gasteiger partial charge in [-0.1, -0.05) is 33.8 Å². The van der Waals surface area contributed by atoms with E-state index in [1.165, 1.54) is 0 Å². The van der Waals surface area contributed by atoms with Crippen molar-refractivity contribution in [3.63, 3.8) is 0 Å². The lowest BCUT2D eigenvalue weighted by Gasteiger charge is -2.61. The van der Waals surface area contributed by atoms with Crippen molar-refractivity contribution < 1.29 is 29.0 Å². The van der Waals surface area contributed by atoms with Crippen LogP contribution >= 0.6 is 0 Å². The molecular weight excluding hydrogens is 450 g/mol. The van der Waals surface area contributed by atoms with Gasteiger partial charge in [0.05, 0.1) is 12.3 Å². The molecule has 3 aliphatic carbocycles. The van der Waals surface area contributed by atoms with Crippen molar-refractivity contribution in [1.29, 1.82) is 0 Å². The van der Waals surface area contributed by atoms with Crippen LogP contribution in [-0.2, 0) is 14.3 Å². The molecule has 1 saturated heterocycles. The molecule has 2 bridgehead atoms. The minimum atomic E-state index is -0.917. The fraction of sp³-hybridized carbons (Fsp3) is 0.808. The zero-order valence-corrected chi connectivity index (χ0v) is 21.3. The first-order valence-electron chi connectivity index (χ1n) is 12.9. The topological polar surface area (TPSA) is 140 Å². The van der Waals surface area contributed by atoms with Gasteiger partial charge in [0.2, 0.25) is 0 Å². The predicted molar refractivity (Wildman–Crippen MR) is 129 cm³/mol. The molecule has 5 N–H and O–H groups in total. The second-order valence-electron chi connectivity index (χ2n) is 11.9. The summed E-state index contributed by atoms with van der Waals surface area (Å²) in [6.45, 7) is 12.6. The number of alkyl carbamates (subject to hydrolysis) is 2. The first kappa shape index (κ1) is 26.1. The highest BCUT2D eigenvalue weighted by molar-refractivity contribution is 5.88. The second-order valence-corrected chi connectivity index (χ2v) is 11.9. The minimum absolute atomic E-state index is 0.106. The molecule has 0 aromatic rings. The van der Waals surface area contributed by atoms with Gasteiger partial charge in [-0.05, 0) is 42.9 Å². The molecule has 35 heavy (non-hydrogen) atoms. The van der Waals surface area contributed by atoms with Crippen LogP contribution in [0.15, 0.2) is 12.7 Å². The summed E-state index contributed by atoms with van der Waals surface area (Å²) in [5, 5.41) is 16.7. The van der Waals surface area contributed by atoms with E-state index in [0.717, 1.165) is 19.3 Å². The highest BCUT2D eigenvalue weighted by atomic mass is 16.6. The number of hydrogen-bond donors (Lipinski definition) is 4. The average Bonchev–Trinajstić information content (AvgIpc) is 3.37. The largest absolute Gasteiger partial charge is 0.445 e. The summed E-state index contributed by atoms with van der Waals surface area (Å²) in [6, 6.07) is 0. The van der Waals surface area contributed by atoms with Crippen molar-refractivity contribution in [1.82, 2.24) is 10.6 Å². The number of ether oxygens (including phenoxy) is 2. The van der Waals surface area contributed by atoms with Crippen molar-refractivity contribution in [3.05, 3.63) is 12.7 Å². The van der Waals surface area contributed by atoms with Gasteiger partial charge in [-0.15, -0.1) is 6.58 Å². The van der Waals surface area contributed by atoms with Gasteiger partial charge in [-0.2, -0.15) is 0 Å². The molecule has 4 fully saturated rings. The third kappa shape index (κ3) is 4.19. The van der Waals surface area contributed by atoms with Gasteiger partial charge < -0.3 is 20.3 Å². The summed E-state index contributed by atoms with van der Waals surface area (Å²) >= 11 is 0. The van der Waals surface area contributed by atoms with Gasteiger partial charge in [0.15, 0.2) is 0 Å². The number of amides is 2. The summed E-state index contributed by atoms with van der Waals surface area (Å²) in [5.41, 5.74) is 4.03. The van der Waals surface area contributed by atoms with Gasteiger partial charge in [0.1, 0.15) is 18.0 Å². The molecule has 0 radical (unpaired) electrons. The van der Waals surface area contributed by atoms with Crippen LogP contribution in [0.25, 0.3) is 0 Å². The third-order valence-corrected chi connectivity index (χ3v) is 10.2. The summed E-state index contributed by atoms with van der Waals surface area (Å²) in [4.78, 5) is 38.7. The number of Topliss-reactive ketones (excluding diaryl/α,β-unsaturated/α-hetero) is 1. The summed E-state index contributed by atoms with van der Waals surface area (Å²) in [6.07, 6.45) is 1.49. The number of carbonyl (C=O) groups is 3. The zero-order chi connectivity index (χ0) is 25.8. The third-order valence-electron chi connectivity index (χ3n) is 10.2. The fourth-order valence-corrected chi connectivity index (χ4v) is 7.75. The van der Waals surface area contributed by atoms with Crippen LogP contribution in [0.4, 0.5) is 9.59 Å². The van der Waals surface area contributed by atoms with E-state index in [1.807, 2.05) is 6.92 Å². The van der Waals surface area contributed by atoms with Crippen molar-refractivity contribution in [3.8, 4) is 0 Å². The maximum atomic E-state index is 13.4. The van der Waals surface area contributed by atoms with Crippen molar-refractivity contribution in [2.75, 3.05) is 6.54 Å². The number of ketones is 1. The van der Waals surface area contributed by atoms with Crippen LogP contribution in [0.5, 0.6) is 0 Å². The van der Waals surface area contributed by atoms with Crippen molar-refractivity contribution in [2.45, 2.75) is 90.7 Å². The summed E-state index contributed by atoms with van der Waals surface area (Å²) < 4.78 is 11.3. The predicted octanol–water partition coefficient (Wildman–Crippen LogP) is 2.86. The number of carbonyl (C=O) groups excluding carboxylic acids is 3. The number of hydrogen-bond acceptors (Lipinski definition) is 8. The van der Waals surface area contributed by atoms with Gasteiger partial charge in [-0.25, -0.2) is 14.9 Å². The number of nitrogens with one attached hydrogen (secondary N) is 2. The van der Waals surface area contributed by atoms with Crippen LogP contribution in [0, 0.1) is 34.0 Å². The number of aliphatic hydroxyl groups excluding tert-OH is 1. The number of imide groups is 1. The van der Waals surface area contributed by atoms with E-state index in [0.29, 0.717) is 25.8 Å². The van der Waals surface area contributed by atoms with Crippen molar-refractivity contribution in [2.24, 2.45) is 39.7 Å². The Hall–Kier alpha value is -1.97. The number of nitrogens with two attached hydrogens (primary N) is 1. The molecule has 1 aliphatic heterocycles. The maximum absolute atomic E-state index is 13.4. The van der Waals surface area contributed by atoms with E-state index >= 15 is 0 Å². The normalized spacial score (nSPS) is 47.3. The minimum Gasteiger partial charge on any atom is -0.445 e. The van der Waals surface area contributed by atoms with Crippen LogP contribution in [0.2, 0.25) is 0 Å². The monoisotopic (exact) mass is 491 g/mol. The molecule has 2 amide bonds. The van der Waals surface area contributed by atoms with Crippen LogP contribution in [0.3, 0.4) is 0 Å². The van der Waals surface area contributed by atoms with Gasteiger partial charge in [0.25, 0.3) is 0 Å². The highest BCUT2D eigenvalue weighted by Gasteiger charge is 2.68.